The molecule has 1 aliphatic heterocycles. The first kappa shape index (κ1) is 16.0. The highest BCUT2D eigenvalue weighted by molar-refractivity contribution is 5.13. The first-order valence-electron chi connectivity index (χ1n) is 7.43. The van der Waals surface area contributed by atoms with Gasteiger partial charge in [-0.15, -0.1) is 0 Å². The van der Waals surface area contributed by atoms with Gasteiger partial charge in [-0.25, -0.2) is 0 Å². The normalized spacial score (nSPS) is 24.4. The lowest BCUT2D eigenvalue weighted by Crippen LogP contribution is -2.44. The second-order valence-electron chi connectivity index (χ2n) is 5.80. The van der Waals surface area contributed by atoms with Crippen LogP contribution in [0.3, 0.4) is 0 Å². The van der Waals surface area contributed by atoms with Crippen LogP contribution in [0.5, 0.6) is 0 Å². The fourth-order valence-corrected chi connectivity index (χ4v) is 2.60. The smallest absolute Gasteiger partial charge is 0.163 e. The number of hydrogen-bond donors (Lipinski definition) is 0. The van der Waals surface area contributed by atoms with Crippen LogP contribution in [0.4, 0.5) is 0 Å². The Bertz CT molecular complexity index is 467. The summed E-state index contributed by atoms with van der Waals surface area (Å²) in [6.45, 7) is 5.06. The molecule has 0 saturated carbocycles. The molecule has 2 rings (SSSR count). The van der Waals surface area contributed by atoms with Crippen LogP contribution < -0.4 is 0 Å². The molecule has 21 heavy (non-hydrogen) atoms. The average Bonchev–Trinajstić information content (AvgIpc) is 2.43. The fraction of sp³-hybridized carbons (Fsp3) is 0.588. The number of rotatable bonds is 6. The monoisotopic (exact) mass is 289 g/mol. The number of nitriles is 1. The number of benzene rings is 1. The van der Waals surface area contributed by atoms with Crippen molar-refractivity contribution in [3.05, 3.63) is 35.9 Å². The summed E-state index contributed by atoms with van der Waals surface area (Å²) in [5.74, 6) is -0.621. The van der Waals surface area contributed by atoms with E-state index in [-0.39, 0.29) is 12.2 Å². The van der Waals surface area contributed by atoms with Crippen molar-refractivity contribution in [1.29, 1.82) is 5.26 Å². The molecule has 1 fully saturated rings. The van der Waals surface area contributed by atoms with E-state index < -0.39 is 5.79 Å². The van der Waals surface area contributed by atoms with Gasteiger partial charge in [0.1, 0.15) is 0 Å². The highest BCUT2D eigenvalue weighted by atomic mass is 16.7. The van der Waals surface area contributed by atoms with Gasteiger partial charge in [-0.05, 0) is 25.8 Å². The Morgan fingerprint density at radius 2 is 1.95 bits per heavy atom. The van der Waals surface area contributed by atoms with Gasteiger partial charge in [-0.2, -0.15) is 5.26 Å². The van der Waals surface area contributed by atoms with Crippen LogP contribution in [0, 0.1) is 11.3 Å². The third kappa shape index (κ3) is 5.47. The molecule has 1 aromatic rings. The lowest BCUT2D eigenvalue weighted by molar-refractivity contribution is -0.300. The Kier molecular flexibility index (Phi) is 5.75. The van der Waals surface area contributed by atoms with Gasteiger partial charge in [0.05, 0.1) is 31.3 Å². The summed E-state index contributed by atoms with van der Waals surface area (Å²) in [4.78, 5) is 0. The van der Waals surface area contributed by atoms with Crippen LogP contribution in [-0.4, -0.2) is 24.6 Å². The van der Waals surface area contributed by atoms with Gasteiger partial charge in [0, 0.05) is 13.0 Å². The molecule has 0 aliphatic carbocycles. The van der Waals surface area contributed by atoms with E-state index in [1.807, 2.05) is 32.0 Å². The first-order valence-corrected chi connectivity index (χ1v) is 7.43. The zero-order valence-corrected chi connectivity index (χ0v) is 12.7. The highest BCUT2D eigenvalue weighted by Crippen LogP contribution is 2.29. The maximum Gasteiger partial charge on any atom is 0.163 e. The third-order valence-corrected chi connectivity index (χ3v) is 3.44. The van der Waals surface area contributed by atoms with Crippen molar-refractivity contribution in [2.24, 2.45) is 0 Å². The maximum atomic E-state index is 8.82. The quantitative estimate of drug-likeness (QED) is 0.753. The number of hydrogen-bond acceptors (Lipinski definition) is 4. The number of nitrogens with zero attached hydrogens (tertiary/aromatic N) is 1. The van der Waals surface area contributed by atoms with E-state index in [2.05, 4.69) is 18.2 Å². The van der Waals surface area contributed by atoms with Gasteiger partial charge >= 0.3 is 0 Å². The van der Waals surface area contributed by atoms with Gasteiger partial charge < -0.3 is 14.2 Å². The van der Waals surface area contributed by atoms with E-state index in [4.69, 9.17) is 19.5 Å². The summed E-state index contributed by atoms with van der Waals surface area (Å²) >= 11 is 0. The molecule has 114 valence electrons. The Hall–Kier alpha value is -1.41. The molecule has 0 N–H and O–H groups in total. The molecule has 4 nitrogen and oxygen atoms in total. The molecule has 1 saturated heterocycles. The average molecular weight is 289 g/mol. The van der Waals surface area contributed by atoms with E-state index in [1.54, 1.807) is 0 Å². The Labute approximate surface area is 126 Å². The fourth-order valence-electron chi connectivity index (χ4n) is 2.60. The standard InChI is InChI=1S/C17H23NO3/c1-17(2)20-15(8-10-18)12-16(21-17)9-11-19-13-14-6-4-3-5-7-14/h3-7,15-16H,8-9,11-13H2,1-2H3/t15-,16+/m1/s1. The molecule has 0 spiro atoms. The minimum Gasteiger partial charge on any atom is -0.377 e. The van der Waals surface area contributed by atoms with Gasteiger partial charge in [-0.3, -0.25) is 0 Å². The van der Waals surface area contributed by atoms with E-state index in [1.165, 1.54) is 5.56 Å². The van der Waals surface area contributed by atoms with Crippen LogP contribution in [0.1, 0.15) is 38.7 Å². The van der Waals surface area contributed by atoms with E-state index >= 15 is 0 Å². The Morgan fingerprint density at radius 3 is 2.67 bits per heavy atom. The topological polar surface area (TPSA) is 51.5 Å². The van der Waals surface area contributed by atoms with Crippen LogP contribution in [0.2, 0.25) is 0 Å². The zero-order valence-electron chi connectivity index (χ0n) is 12.7. The second kappa shape index (κ2) is 7.56. The molecule has 0 aromatic heterocycles. The molecular formula is C17H23NO3. The van der Waals surface area contributed by atoms with E-state index in [0.717, 1.165) is 12.8 Å². The highest BCUT2D eigenvalue weighted by Gasteiger charge is 2.35. The Morgan fingerprint density at radius 1 is 1.24 bits per heavy atom. The summed E-state index contributed by atoms with van der Waals surface area (Å²) in [7, 11) is 0. The van der Waals surface area contributed by atoms with Gasteiger partial charge in [0.15, 0.2) is 5.79 Å². The predicted octanol–water partition coefficient (Wildman–Crippen LogP) is 3.42. The molecule has 2 atom stereocenters. The molecule has 0 unspecified atom stereocenters. The maximum absolute atomic E-state index is 8.82. The summed E-state index contributed by atoms with van der Waals surface area (Å²) < 4.78 is 17.3. The SMILES string of the molecule is CC1(C)O[C@H](CC#N)C[C@H](CCOCc2ccccc2)O1. The molecule has 4 heteroatoms. The van der Waals surface area contributed by atoms with Crippen molar-refractivity contribution in [3.63, 3.8) is 0 Å². The van der Waals surface area contributed by atoms with Gasteiger partial charge in [0.2, 0.25) is 0 Å². The van der Waals surface area contributed by atoms with Crippen molar-refractivity contribution < 1.29 is 14.2 Å². The Balaban J connectivity index is 1.73. The lowest BCUT2D eigenvalue weighted by Gasteiger charge is -2.40. The summed E-state index contributed by atoms with van der Waals surface area (Å²) in [6.07, 6.45) is 2.03. The predicted molar refractivity (Wildman–Crippen MR) is 79.4 cm³/mol. The van der Waals surface area contributed by atoms with Gasteiger partial charge in [0.25, 0.3) is 0 Å². The van der Waals surface area contributed by atoms with Gasteiger partial charge in [-0.1, -0.05) is 30.3 Å². The number of ether oxygens (including phenoxy) is 3. The van der Waals surface area contributed by atoms with Crippen LogP contribution >= 0.6 is 0 Å². The largest absolute Gasteiger partial charge is 0.377 e. The van der Waals surface area contributed by atoms with Crippen molar-refractivity contribution in [3.8, 4) is 6.07 Å². The van der Waals surface area contributed by atoms with Crippen molar-refractivity contribution in [1.82, 2.24) is 0 Å². The van der Waals surface area contributed by atoms with E-state index in [0.29, 0.717) is 19.6 Å². The van der Waals surface area contributed by atoms with Crippen LogP contribution in [0.15, 0.2) is 30.3 Å². The summed E-state index contributed by atoms with van der Waals surface area (Å²) in [6, 6.07) is 12.3. The molecule has 1 aromatic carbocycles. The molecule has 0 radical (unpaired) electrons. The zero-order chi connectivity index (χ0) is 15.1. The van der Waals surface area contributed by atoms with Crippen LogP contribution in [-0.2, 0) is 20.8 Å². The third-order valence-electron chi connectivity index (χ3n) is 3.44. The minimum atomic E-state index is -0.621. The molecule has 1 heterocycles. The summed E-state index contributed by atoms with van der Waals surface area (Å²) in [5, 5.41) is 8.82. The van der Waals surface area contributed by atoms with E-state index in [9.17, 15) is 0 Å². The van der Waals surface area contributed by atoms with Crippen molar-refractivity contribution in [2.45, 2.75) is 57.7 Å². The second-order valence-corrected chi connectivity index (χ2v) is 5.80. The molecule has 0 bridgehead atoms. The molecule has 1 aliphatic rings. The lowest BCUT2D eigenvalue weighted by atomic mass is 10.0. The molecular weight excluding hydrogens is 266 g/mol. The summed E-state index contributed by atoms with van der Waals surface area (Å²) in [5.41, 5.74) is 1.17. The van der Waals surface area contributed by atoms with Crippen molar-refractivity contribution in [2.75, 3.05) is 6.61 Å². The molecule has 0 amide bonds. The van der Waals surface area contributed by atoms with Crippen molar-refractivity contribution >= 4 is 0 Å². The minimum absolute atomic E-state index is 0.0436. The first-order chi connectivity index (χ1) is 10.1. The van der Waals surface area contributed by atoms with Crippen LogP contribution in [0.25, 0.3) is 0 Å².